The Morgan fingerprint density at radius 1 is 1.80 bits per heavy atom. The second kappa shape index (κ2) is 9.52. The van der Waals surface area contributed by atoms with Crippen molar-refractivity contribution in [2.75, 3.05) is 0 Å². The third kappa shape index (κ3) is 10.7. The van der Waals surface area contributed by atoms with E-state index in [-0.39, 0.29) is 24.0 Å². The first-order valence-corrected chi connectivity index (χ1v) is 7.59. The van der Waals surface area contributed by atoms with Crippen molar-refractivity contribution < 1.29 is 0 Å². The second-order valence-corrected chi connectivity index (χ2v) is 5.30. The van der Waals surface area contributed by atoms with Gasteiger partial charge in [-0.1, -0.05) is 6.92 Å². The molecule has 0 heterocycles. The fraction of sp³-hybridized carbons (Fsp3) is 1.00. The molecule has 3 heteroatoms. The van der Waals surface area contributed by atoms with E-state index in [0.29, 0.717) is 16.5 Å². The van der Waals surface area contributed by atoms with Crippen molar-refractivity contribution in [3.05, 3.63) is 0 Å². The van der Waals surface area contributed by atoms with Crippen molar-refractivity contribution in [1.82, 2.24) is 0 Å². The van der Waals surface area contributed by atoms with Crippen LogP contribution in [0.2, 0.25) is 4.55 Å². The fourth-order valence-corrected chi connectivity index (χ4v) is 0. The Hall–Kier alpha value is 2.23. The maximum Gasteiger partial charge on any atom is 0.463 e. The van der Waals surface area contributed by atoms with Gasteiger partial charge in [-0.25, -0.2) is 0 Å². The van der Waals surface area contributed by atoms with Crippen LogP contribution < -0.4 is 0 Å². The summed E-state index contributed by atoms with van der Waals surface area (Å²) in [6, 6.07) is 0. The molecule has 0 aromatic carbocycles. The Morgan fingerprint density at radius 2 is 2.00 bits per heavy atom. The van der Waals surface area contributed by atoms with E-state index in [9.17, 15) is 0 Å². The third-order valence-electron chi connectivity index (χ3n) is 0.189. The van der Waals surface area contributed by atoms with Gasteiger partial charge < -0.3 is 18.9 Å². The lowest BCUT2D eigenvalue weighted by molar-refractivity contribution is 1.48. The molecular weight excluding hydrogens is 302 g/mol. The van der Waals surface area contributed by atoms with Gasteiger partial charge in [0, 0.05) is 0 Å². The molecule has 5 heavy (non-hydrogen) atoms. The van der Waals surface area contributed by atoms with E-state index in [4.69, 9.17) is 0 Å². The highest BCUT2D eigenvalue weighted by Gasteiger charge is 1.72. The molecule has 0 aliphatic heterocycles. The summed E-state index contributed by atoms with van der Waals surface area (Å²) in [7, 11) is 0. The van der Waals surface area contributed by atoms with Gasteiger partial charge in [-0.05, 0) is 0 Å². The van der Waals surface area contributed by atoms with E-state index in [1.165, 1.54) is 4.55 Å². The van der Waals surface area contributed by atoms with Gasteiger partial charge in [-0.2, -0.15) is 0 Å². The monoisotopic (exact) mass is 308 g/mol. The lowest BCUT2D eigenvalue weighted by atomic mass is 11.0. The number of halogens is 2. The first-order valence-electron chi connectivity index (χ1n) is 1.47. The average molecular weight is 308 g/mol. The molecule has 0 aliphatic rings. The zero-order chi connectivity index (χ0) is 3.41. The van der Waals surface area contributed by atoms with Crippen molar-refractivity contribution in [2.45, 2.75) is 11.5 Å². The molecule has 0 amide bonds. The molecule has 0 aliphatic carbocycles. The summed E-state index contributed by atoms with van der Waals surface area (Å²) < 4.78 is 1.44. The number of hydrogen-bond acceptors (Lipinski definition) is 0. The van der Waals surface area contributed by atoms with Crippen LogP contribution in [0.5, 0.6) is 0 Å². The number of rotatable bonds is 1. The molecule has 0 rings (SSSR count). The quantitative estimate of drug-likeness (QED) is 0.514. The summed E-state index contributed by atoms with van der Waals surface area (Å²) in [5, 5.41) is 0. The molecule has 0 aromatic rings. The van der Waals surface area contributed by atoms with Crippen LogP contribution >= 0.6 is 42.8 Å². The molecule has 0 nitrogen and oxygen atoms in total. The van der Waals surface area contributed by atoms with Gasteiger partial charge in [0.15, 0.2) is 0 Å². The van der Waals surface area contributed by atoms with Crippen molar-refractivity contribution >= 4 is 59.3 Å². The SMILES string of the molecule is C[CH2][Mg][I].I. The number of hydrogen-bond donors (Lipinski definition) is 0. The normalized spacial score (nSPS) is 4.40. The molecule has 0 aromatic heterocycles. The van der Waals surface area contributed by atoms with Crippen molar-refractivity contribution in [1.29, 1.82) is 0 Å². The summed E-state index contributed by atoms with van der Waals surface area (Å²) in [6.07, 6.45) is 0. The maximum absolute atomic E-state index is 2.49. The minimum absolute atomic E-state index is 0. The summed E-state index contributed by atoms with van der Waals surface area (Å²) in [5.74, 6) is 0. The molecule has 0 fully saturated rings. The third-order valence-corrected chi connectivity index (χ3v) is 3.80. The smallest absolute Gasteiger partial charge is 0.301 e. The minimum Gasteiger partial charge on any atom is -0.301 e. The topological polar surface area (TPSA) is 0 Å². The van der Waals surface area contributed by atoms with Crippen LogP contribution in [0.4, 0.5) is 0 Å². The zero-order valence-corrected chi connectivity index (χ0v) is 9.10. The van der Waals surface area contributed by atoms with Crippen LogP contribution in [0, 0.1) is 0 Å². The molecule has 0 unspecified atom stereocenters. The summed E-state index contributed by atoms with van der Waals surface area (Å²) in [5.41, 5.74) is 0. The van der Waals surface area contributed by atoms with Gasteiger partial charge in [-0.15, -0.1) is 28.5 Å². The highest BCUT2D eigenvalue weighted by molar-refractivity contribution is 14.1. The molecule has 0 N–H and O–H groups in total. The molecule has 0 saturated carbocycles. The van der Waals surface area contributed by atoms with Gasteiger partial charge in [0.05, 0.1) is 0 Å². The summed E-state index contributed by atoms with van der Waals surface area (Å²) in [6.45, 7) is 2.23. The lowest BCUT2D eigenvalue weighted by Gasteiger charge is -1.59. The van der Waals surface area contributed by atoms with Gasteiger partial charge in [-0.3, -0.25) is 0 Å². The molecule has 0 radical (unpaired) electrons. The van der Waals surface area contributed by atoms with E-state index < -0.39 is 0 Å². The van der Waals surface area contributed by atoms with E-state index in [2.05, 4.69) is 25.8 Å². The first kappa shape index (κ1) is 10.3. The van der Waals surface area contributed by atoms with Crippen molar-refractivity contribution in [3.8, 4) is 0 Å². The van der Waals surface area contributed by atoms with Gasteiger partial charge in [0.1, 0.15) is 0 Å². The molecule has 0 spiro atoms. The predicted octanol–water partition coefficient (Wildman–Crippen LogP) is 2.10. The second-order valence-electron chi connectivity index (χ2n) is 0.689. The van der Waals surface area contributed by atoms with E-state index in [1.807, 2.05) is 0 Å². The average Bonchev–Trinajstić information content (AvgIpc) is 1.37. The van der Waals surface area contributed by atoms with Crippen molar-refractivity contribution in [3.63, 3.8) is 0 Å². The molecule has 0 saturated heterocycles. The Labute approximate surface area is 69.6 Å². The van der Waals surface area contributed by atoms with Crippen LogP contribution in [0.3, 0.4) is 0 Å². The van der Waals surface area contributed by atoms with Crippen LogP contribution in [0.1, 0.15) is 6.92 Å². The summed E-state index contributed by atoms with van der Waals surface area (Å²) >= 11 is 2.88. The Morgan fingerprint density at radius 3 is 2.00 bits per heavy atom. The maximum atomic E-state index is 2.49. The van der Waals surface area contributed by atoms with E-state index in [1.54, 1.807) is 0 Å². The zero-order valence-electron chi connectivity index (χ0n) is 3.20. The fourth-order valence-electron chi connectivity index (χ4n) is 0. The van der Waals surface area contributed by atoms with Crippen LogP contribution in [0.15, 0.2) is 0 Å². The van der Waals surface area contributed by atoms with Gasteiger partial charge in [0.2, 0.25) is 0 Å². The van der Waals surface area contributed by atoms with Gasteiger partial charge in [0.25, 0.3) is 0 Å². The van der Waals surface area contributed by atoms with E-state index >= 15 is 0 Å². The predicted molar refractivity (Wildman–Crippen MR) is 45.7 cm³/mol. The Balaban J connectivity index is 0. The highest BCUT2D eigenvalue weighted by atomic mass is 127. The standard InChI is InChI=1S/C2H5.2HI.Mg/c1-2;;;/h1H2,2H3;2*1H;/q;;;+1/p-1. The largest absolute Gasteiger partial charge is 0.463 e. The minimum atomic E-state index is 0. The molecule has 30 valence electrons. The van der Waals surface area contributed by atoms with Crippen LogP contribution in [0.25, 0.3) is 0 Å². The van der Waals surface area contributed by atoms with Crippen LogP contribution in [-0.4, -0.2) is 16.5 Å². The van der Waals surface area contributed by atoms with Crippen LogP contribution in [-0.2, 0) is 0 Å². The Kier molecular flexibility index (Phi) is 19.5. The lowest BCUT2D eigenvalue weighted by Crippen LogP contribution is -1.59. The Bertz CT molecular complexity index is 9.61. The van der Waals surface area contributed by atoms with Gasteiger partial charge >= 0.3 is 16.5 Å². The molecular formula is C2H6I2Mg. The van der Waals surface area contributed by atoms with Crippen molar-refractivity contribution in [2.24, 2.45) is 0 Å². The molecule has 0 bridgehead atoms. The van der Waals surface area contributed by atoms with E-state index in [0.717, 1.165) is 0 Å². The first-order chi connectivity index (χ1) is 1.91. The molecule has 0 atom stereocenters. The summed E-state index contributed by atoms with van der Waals surface area (Å²) in [4.78, 5) is 0. The highest BCUT2D eigenvalue weighted by Crippen LogP contribution is 1.78.